The van der Waals surface area contributed by atoms with Gasteiger partial charge in [-0.1, -0.05) is 0 Å². The molecule has 0 unspecified atom stereocenters. The van der Waals surface area contributed by atoms with E-state index in [9.17, 15) is 4.79 Å². The number of carbonyl (C=O) groups excluding carboxylic acids is 1. The van der Waals surface area contributed by atoms with Crippen molar-refractivity contribution in [2.45, 2.75) is 0 Å². The molecule has 0 aliphatic rings. The van der Waals surface area contributed by atoms with E-state index < -0.39 is 0 Å². The SMILES string of the molecule is COCCNC(=O)c1ccn(-c2ccc(NC=C(C#N)c3nn[nH]n3)cc2)n1. The summed E-state index contributed by atoms with van der Waals surface area (Å²) in [5, 5.41) is 32.4. The first-order valence-corrected chi connectivity index (χ1v) is 8.25. The Labute approximate surface area is 160 Å². The van der Waals surface area contributed by atoms with E-state index >= 15 is 0 Å². The van der Waals surface area contributed by atoms with E-state index in [2.05, 4.69) is 36.4 Å². The number of H-pyrrole nitrogens is 1. The van der Waals surface area contributed by atoms with E-state index in [1.807, 2.05) is 30.3 Å². The summed E-state index contributed by atoms with van der Waals surface area (Å²) in [6.45, 7) is 0.861. The predicted octanol–water partition coefficient (Wildman–Crippen LogP) is 0.738. The first kappa shape index (κ1) is 18.7. The highest BCUT2D eigenvalue weighted by Gasteiger charge is 2.10. The Morgan fingerprint density at radius 2 is 2.18 bits per heavy atom. The minimum Gasteiger partial charge on any atom is -0.383 e. The lowest BCUT2D eigenvalue weighted by molar-refractivity contribution is 0.0931. The van der Waals surface area contributed by atoms with Crippen LogP contribution in [-0.2, 0) is 4.74 Å². The molecule has 0 atom stereocenters. The smallest absolute Gasteiger partial charge is 0.271 e. The number of amides is 1. The molecule has 28 heavy (non-hydrogen) atoms. The summed E-state index contributed by atoms with van der Waals surface area (Å²) < 4.78 is 6.50. The number of anilines is 1. The topological polar surface area (TPSA) is 146 Å². The lowest BCUT2D eigenvalue weighted by Gasteiger charge is -2.05. The van der Waals surface area contributed by atoms with Crippen molar-refractivity contribution >= 4 is 17.2 Å². The lowest BCUT2D eigenvalue weighted by atomic mass is 10.2. The van der Waals surface area contributed by atoms with Crippen LogP contribution in [0.1, 0.15) is 16.3 Å². The molecule has 0 saturated heterocycles. The fourth-order valence-electron chi connectivity index (χ4n) is 2.23. The summed E-state index contributed by atoms with van der Waals surface area (Å²) in [5.41, 5.74) is 2.10. The number of methoxy groups -OCH3 is 1. The standard InChI is InChI=1S/C17H17N9O2/c1-28-9-7-19-17(27)15-6-8-26(23-15)14-4-2-13(3-5-14)20-11-12(10-18)16-21-24-25-22-16/h2-6,8,11,20H,7,9H2,1H3,(H,19,27)(H,21,22,24,25). The summed E-state index contributed by atoms with van der Waals surface area (Å²) in [4.78, 5) is 12.0. The van der Waals surface area contributed by atoms with Crippen molar-refractivity contribution in [3.05, 3.63) is 54.2 Å². The molecule has 0 aliphatic heterocycles. The number of hydrogen-bond acceptors (Lipinski definition) is 8. The van der Waals surface area contributed by atoms with Crippen molar-refractivity contribution in [3.63, 3.8) is 0 Å². The van der Waals surface area contributed by atoms with E-state index in [0.29, 0.717) is 18.8 Å². The molecule has 0 radical (unpaired) electrons. The Balaban J connectivity index is 1.65. The Morgan fingerprint density at radius 1 is 1.36 bits per heavy atom. The van der Waals surface area contributed by atoms with Crippen LogP contribution in [0.25, 0.3) is 11.3 Å². The molecule has 0 bridgehead atoms. The van der Waals surface area contributed by atoms with Crippen LogP contribution in [0.15, 0.2) is 42.7 Å². The quantitative estimate of drug-likeness (QED) is 0.383. The molecule has 0 fully saturated rings. The minimum atomic E-state index is -0.260. The maximum Gasteiger partial charge on any atom is 0.271 e. The Morgan fingerprint density at radius 3 is 2.86 bits per heavy atom. The second-order valence-electron chi connectivity index (χ2n) is 5.49. The van der Waals surface area contributed by atoms with Crippen molar-refractivity contribution in [2.75, 3.05) is 25.6 Å². The molecule has 3 aromatic rings. The number of aromatic nitrogens is 6. The molecular formula is C17H17N9O2. The van der Waals surface area contributed by atoms with Gasteiger partial charge in [-0.25, -0.2) is 4.68 Å². The van der Waals surface area contributed by atoms with E-state index in [0.717, 1.165) is 11.4 Å². The van der Waals surface area contributed by atoms with Gasteiger partial charge in [0.05, 0.1) is 12.3 Å². The van der Waals surface area contributed by atoms with Gasteiger partial charge in [0.15, 0.2) is 5.69 Å². The van der Waals surface area contributed by atoms with E-state index in [1.54, 1.807) is 24.1 Å². The van der Waals surface area contributed by atoms with Crippen molar-refractivity contribution in [1.29, 1.82) is 5.26 Å². The maximum absolute atomic E-state index is 12.0. The molecule has 11 nitrogen and oxygen atoms in total. The molecular weight excluding hydrogens is 362 g/mol. The number of nitriles is 1. The van der Waals surface area contributed by atoms with E-state index in [4.69, 9.17) is 10.00 Å². The van der Waals surface area contributed by atoms with Gasteiger partial charge in [-0.15, -0.1) is 10.2 Å². The summed E-state index contributed by atoms with van der Waals surface area (Å²) >= 11 is 0. The van der Waals surface area contributed by atoms with Crippen LogP contribution in [0.4, 0.5) is 5.69 Å². The number of benzene rings is 1. The Hall–Kier alpha value is -4.04. The van der Waals surface area contributed by atoms with Gasteiger partial charge < -0.3 is 15.4 Å². The predicted molar refractivity (Wildman–Crippen MR) is 99.2 cm³/mol. The van der Waals surface area contributed by atoms with Crippen molar-refractivity contribution in [2.24, 2.45) is 0 Å². The van der Waals surface area contributed by atoms with E-state index in [1.165, 1.54) is 6.20 Å². The molecule has 0 saturated carbocycles. The highest BCUT2D eigenvalue weighted by atomic mass is 16.5. The van der Waals surface area contributed by atoms with Gasteiger partial charge >= 0.3 is 0 Å². The summed E-state index contributed by atoms with van der Waals surface area (Å²) in [6, 6.07) is 10.9. The van der Waals surface area contributed by atoms with Gasteiger partial charge in [0, 0.05) is 31.7 Å². The normalized spacial score (nSPS) is 11.1. The lowest BCUT2D eigenvalue weighted by Crippen LogP contribution is -2.27. The van der Waals surface area contributed by atoms with Gasteiger partial charge in [-0.2, -0.15) is 15.6 Å². The average Bonchev–Trinajstić information content (AvgIpc) is 3.42. The van der Waals surface area contributed by atoms with Crippen LogP contribution in [0.3, 0.4) is 0 Å². The number of rotatable bonds is 8. The molecule has 1 amide bonds. The van der Waals surface area contributed by atoms with Gasteiger partial charge in [-0.05, 0) is 35.5 Å². The molecule has 11 heteroatoms. The number of hydrogen-bond donors (Lipinski definition) is 3. The largest absolute Gasteiger partial charge is 0.383 e. The number of allylic oxidation sites excluding steroid dienone is 1. The number of nitrogens with zero attached hydrogens (tertiary/aromatic N) is 6. The second kappa shape index (κ2) is 9.06. The Kier molecular flexibility index (Phi) is 6.06. The molecule has 2 aromatic heterocycles. The highest BCUT2D eigenvalue weighted by Crippen LogP contribution is 2.15. The zero-order chi connectivity index (χ0) is 19.8. The van der Waals surface area contributed by atoms with Crippen LogP contribution in [0.5, 0.6) is 0 Å². The number of carbonyl (C=O) groups is 1. The fourth-order valence-corrected chi connectivity index (χ4v) is 2.23. The number of tetrazole rings is 1. The van der Waals surface area contributed by atoms with E-state index in [-0.39, 0.29) is 17.3 Å². The van der Waals surface area contributed by atoms with Crippen LogP contribution < -0.4 is 10.6 Å². The zero-order valence-electron chi connectivity index (χ0n) is 15.0. The second-order valence-corrected chi connectivity index (χ2v) is 5.49. The molecule has 3 N–H and O–H groups in total. The molecule has 3 rings (SSSR count). The highest BCUT2D eigenvalue weighted by molar-refractivity contribution is 5.92. The van der Waals surface area contributed by atoms with Crippen molar-refractivity contribution in [3.8, 4) is 11.8 Å². The monoisotopic (exact) mass is 379 g/mol. The summed E-state index contributed by atoms with van der Waals surface area (Å²) in [7, 11) is 1.57. The molecule has 1 aromatic carbocycles. The van der Waals surface area contributed by atoms with Gasteiger partial charge in [0.1, 0.15) is 11.6 Å². The first-order chi connectivity index (χ1) is 13.7. The molecule has 142 valence electrons. The summed E-state index contributed by atoms with van der Waals surface area (Å²) in [5.74, 6) is -0.0517. The summed E-state index contributed by atoms with van der Waals surface area (Å²) in [6.07, 6.45) is 3.20. The molecule has 2 heterocycles. The van der Waals surface area contributed by atoms with Crippen LogP contribution in [-0.4, -0.2) is 56.6 Å². The Bertz CT molecular complexity index is 985. The van der Waals surface area contributed by atoms with Crippen LogP contribution >= 0.6 is 0 Å². The van der Waals surface area contributed by atoms with Crippen molar-refractivity contribution < 1.29 is 9.53 Å². The number of nitrogens with one attached hydrogen (secondary N) is 3. The number of aromatic amines is 1. The van der Waals surface area contributed by atoms with Crippen LogP contribution in [0.2, 0.25) is 0 Å². The zero-order valence-corrected chi connectivity index (χ0v) is 15.0. The maximum atomic E-state index is 12.0. The average molecular weight is 379 g/mol. The van der Waals surface area contributed by atoms with Gasteiger partial charge in [0.25, 0.3) is 5.91 Å². The fraction of sp³-hybridized carbons (Fsp3) is 0.176. The first-order valence-electron chi connectivity index (χ1n) is 8.25. The van der Waals surface area contributed by atoms with Gasteiger partial charge in [-0.3, -0.25) is 4.79 Å². The minimum absolute atomic E-state index is 0.208. The van der Waals surface area contributed by atoms with Crippen LogP contribution in [0, 0.1) is 11.3 Å². The number of ether oxygens (including phenoxy) is 1. The molecule has 0 aliphatic carbocycles. The molecule has 0 spiro atoms. The van der Waals surface area contributed by atoms with Crippen molar-refractivity contribution in [1.82, 2.24) is 35.7 Å². The third-order valence-electron chi connectivity index (χ3n) is 3.64. The van der Waals surface area contributed by atoms with Gasteiger partial charge in [0.2, 0.25) is 5.82 Å². The third-order valence-corrected chi connectivity index (χ3v) is 3.64. The third kappa shape index (κ3) is 4.57.